The van der Waals surface area contributed by atoms with Crippen LogP contribution >= 0.6 is 0 Å². The molecule has 0 heterocycles. The van der Waals surface area contributed by atoms with E-state index in [9.17, 15) is 4.79 Å². The van der Waals surface area contributed by atoms with Crippen LogP contribution in [0.2, 0.25) is 0 Å². The molecule has 0 aliphatic carbocycles. The molecule has 76 valence electrons. The molecule has 13 heavy (non-hydrogen) atoms. The molecule has 1 N–H and O–H groups in total. The molecule has 0 rings (SSSR count). The summed E-state index contributed by atoms with van der Waals surface area (Å²) in [5.41, 5.74) is 0. The van der Waals surface area contributed by atoms with E-state index in [0.717, 1.165) is 12.8 Å². The Morgan fingerprint density at radius 3 is 1.92 bits per heavy atom. The van der Waals surface area contributed by atoms with Gasteiger partial charge in [0.05, 0.1) is 0 Å². The van der Waals surface area contributed by atoms with Crippen LogP contribution in [-0.2, 0) is 4.79 Å². The summed E-state index contributed by atoms with van der Waals surface area (Å²) in [5, 5.41) is 8.35. The zero-order valence-electron chi connectivity index (χ0n) is 8.51. The van der Waals surface area contributed by atoms with Crippen LogP contribution < -0.4 is 0 Å². The largest absolute Gasteiger partial charge is 0.481 e. The SMILES string of the molecule is CCCCCCCCCC(=O)O.[Nd]. The number of carboxylic acids is 1. The van der Waals surface area contributed by atoms with Crippen LogP contribution in [0.15, 0.2) is 0 Å². The fourth-order valence-corrected chi connectivity index (χ4v) is 1.23. The third-order valence-electron chi connectivity index (χ3n) is 1.99. The Bertz CT molecular complexity index is 115. The third-order valence-corrected chi connectivity index (χ3v) is 1.99. The summed E-state index contributed by atoms with van der Waals surface area (Å²) < 4.78 is 0. The van der Waals surface area contributed by atoms with Crippen molar-refractivity contribution in [2.45, 2.75) is 58.3 Å². The van der Waals surface area contributed by atoms with Crippen molar-refractivity contribution in [1.82, 2.24) is 0 Å². The molecule has 0 bridgehead atoms. The summed E-state index contributed by atoms with van der Waals surface area (Å²) in [6, 6.07) is 0. The molecule has 0 aromatic rings. The van der Waals surface area contributed by atoms with Gasteiger partial charge in [0.15, 0.2) is 0 Å². The smallest absolute Gasteiger partial charge is 0.303 e. The molecule has 0 atom stereocenters. The average Bonchev–Trinajstić information content (AvgIpc) is 2.02. The molecular formula is C10H20NdO2. The molecule has 0 saturated heterocycles. The first-order chi connectivity index (χ1) is 5.77. The van der Waals surface area contributed by atoms with Crippen LogP contribution in [-0.4, -0.2) is 11.1 Å². The molecule has 0 aromatic heterocycles. The molecule has 0 aromatic carbocycles. The third kappa shape index (κ3) is 15.6. The minimum absolute atomic E-state index is 0. The van der Waals surface area contributed by atoms with Gasteiger partial charge in [-0.2, -0.15) is 0 Å². The predicted octanol–water partition coefficient (Wildman–Crippen LogP) is 3.21. The van der Waals surface area contributed by atoms with Crippen molar-refractivity contribution in [2.24, 2.45) is 0 Å². The average molecular weight is 317 g/mol. The number of hydrogen-bond acceptors (Lipinski definition) is 1. The summed E-state index contributed by atoms with van der Waals surface area (Å²) >= 11 is 0. The molecule has 3 heteroatoms. The van der Waals surface area contributed by atoms with Crippen LogP contribution in [0, 0.1) is 40.8 Å². The first kappa shape index (κ1) is 16.3. The van der Waals surface area contributed by atoms with Crippen LogP contribution in [0.3, 0.4) is 0 Å². The van der Waals surface area contributed by atoms with E-state index in [1.54, 1.807) is 0 Å². The van der Waals surface area contributed by atoms with E-state index in [0.29, 0.717) is 6.42 Å². The van der Waals surface area contributed by atoms with E-state index in [1.807, 2.05) is 0 Å². The van der Waals surface area contributed by atoms with Gasteiger partial charge in [0.1, 0.15) is 0 Å². The molecule has 0 aliphatic heterocycles. The van der Waals surface area contributed by atoms with Crippen LogP contribution in [0.4, 0.5) is 0 Å². The van der Waals surface area contributed by atoms with Gasteiger partial charge in [-0.15, -0.1) is 0 Å². The fourth-order valence-electron chi connectivity index (χ4n) is 1.23. The van der Waals surface area contributed by atoms with Gasteiger partial charge < -0.3 is 5.11 Å². The van der Waals surface area contributed by atoms with Gasteiger partial charge in [0.25, 0.3) is 0 Å². The summed E-state index contributed by atoms with van der Waals surface area (Å²) in [7, 11) is 0. The summed E-state index contributed by atoms with van der Waals surface area (Å²) in [5.74, 6) is -0.663. The minimum Gasteiger partial charge on any atom is -0.481 e. The minimum atomic E-state index is -0.663. The number of aliphatic carboxylic acids is 1. The van der Waals surface area contributed by atoms with Crippen molar-refractivity contribution < 1.29 is 50.7 Å². The van der Waals surface area contributed by atoms with Crippen LogP contribution in [0.1, 0.15) is 58.3 Å². The predicted molar refractivity (Wildman–Crippen MR) is 50.2 cm³/mol. The molecule has 2 nitrogen and oxygen atoms in total. The van der Waals surface area contributed by atoms with Crippen molar-refractivity contribution >= 4 is 5.97 Å². The molecule has 0 amide bonds. The van der Waals surface area contributed by atoms with E-state index in [-0.39, 0.29) is 40.8 Å². The number of unbranched alkanes of at least 4 members (excludes halogenated alkanes) is 6. The van der Waals surface area contributed by atoms with Crippen LogP contribution in [0.5, 0.6) is 0 Å². The fraction of sp³-hybridized carbons (Fsp3) is 0.900. The normalized spacial score (nSPS) is 9.31. The van der Waals surface area contributed by atoms with Crippen molar-refractivity contribution in [1.29, 1.82) is 0 Å². The second-order valence-corrected chi connectivity index (χ2v) is 3.27. The topological polar surface area (TPSA) is 37.3 Å². The van der Waals surface area contributed by atoms with Crippen LogP contribution in [0.25, 0.3) is 0 Å². The first-order valence-electron chi connectivity index (χ1n) is 4.99. The molecule has 0 unspecified atom stereocenters. The maximum Gasteiger partial charge on any atom is 0.303 e. The summed E-state index contributed by atoms with van der Waals surface area (Å²) in [4.78, 5) is 10.1. The Labute approximate surface area is 114 Å². The second kappa shape index (κ2) is 12.8. The van der Waals surface area contributed by atoms with Crippen molar-refractivity contribution in [3.63, 3.8) is 0 Å². The Morgan fingerprint density at radius 2 is 1.46 bits per heavy atom. The van der Waals surface area contributed by atoms with Gasteiger partial charge in [-0.25, -0.2) is 0 Å². The summed E-state index contributed by atoms with van der Waals surface area (Å²) in [6.07, 6.45) is 8.64. The summed E-state index contributed by atoms with van der Waals surface area (Å²) in [6.45, 7) is 2.20. The first-order valence-corrected chi connectivity index (χ1v) is 4.99. The van der Waals surface area contributed by atoms with Crippen molar-refractivity contribution in [3.05, 3.63) is 0 Å². The van der Waals surface area contributed by atoms with E-state index < -0.39 is 5.97 Å². The van der Waals surface area contributed by atoms with Gasteiger partial charge in [-0.05, 0) is 6.42 Å². The van der Waals surface area contributed by atoms with E-state index >= 15 is 0 Å². The van der Waals surface area contributed by atoms with E-state index in [4.69, 9.17) is 5.11 Å². The number of rotatable bonds is 8. The molecular weight excluding hydrogens is 296 g/mol. The quantitative estimate of drug-likeness (QED) is 0.698. The monoisotopic (exact) mass is 314 g/mol. The van der Waals surface area contributed by atoms with Gasteiger partial charge in [0, 0.05) is 47.3 Å². The Hall–Kier alpha value is 0.821. The van der Waals surface area contributed by atoms with Gasteiger partial charge in [0.2, 0.25) is 0 Å². The maximum absolute atomic E-state index is 10.1. The zero-order valence-corrected chi connectivity index (χ0v) is 11.7. The van der Waals surface area contributed by atoms with Gasteiger partial charge in [-0.1, -0.05) is 45.4 Å². The molecule has 0 fully saturated rings. The standard InChI is InChI=1S/C10H20O2.Nd/c1-2-3-4-5-6-7-8-9-10(11)12;/h2-9H2,1H3,(H,11,12);. The molecule has 0 spiro atoms. The Kier molecular flexibility index (Phi) is 16.0. The van der Waals surface area contributed by atoms with Gasteiger partial charge >= 0.3 is 5.97 Å². The van der Waals surface area contributed by atoms with E-state index in [1.165, 1.54) is 32.1 Å². The van der Waals surface area contributed by atoms with Crippen molar-refractivity contribution in [2.75, 3.05) is 0 Å². The van der Waals surface area contributed by atoms with E-state index in [2.05, 4.69) is 6.92 Å². The number of hydrogen-bond donors (Lipinski definition) is 1. The molecule has 0 radical (unpaired) electrons. The number of carbonyl (C=O) groups is 1. The van der Waals surface area contributed by atoms with Crippen molar-refractivity contribution in [3.8, 4) is 0 Å². The Morgan fingerprint density at radius 1 is 1.00 bits per heavy atom. The van der Waals surface area contributed by atoms with Gasteiger partial charge in [-0.3, -0.25) is 4.79 Å². The second-order valence-electron chi connectivity index (χ2n) is 3.27. The molecule has 0 saturated carbocycles. The number of carboxylic acid groups (broad SMARTS) is 1. The zero-order chi connectivity index (χ0) is 9.23. The Balaban J connectivity index is 0. The molecule has 0 aliphatic rings. The maximum atomic E-state index is 10.1.